The minimum absolute atomic E-state index is 0.0962. The number of hydrogen-bond acceptors (Lipinski definition) is 5. The van der Waals surface area contributed by atoms with Gasteiger partial charge in [-0.1, -0.05) is 18.2 Å². The van der Waals surface area contributed by atoms with Crippen molar-refractivity contribution in [3.8, 4) is 11.3 Å². The van der Waals surface area contributed by atoms with Crippen LogP contribution in [-0.4, -0.2) is 28.9 Å². The van der Waals surface area contributed by atoms with E-state index in [0.717, 1.165) is 47.1 Å². The Kier molecular flexibility index (Phi) is 6.26. The first-order valence-electron chi connectivity index (χ1n) is 10.0. The summed E-state index contributed by atoms with van der Waals surface area (Å²) in [6.07, 6.45) is -6.63. The Morgan fingerprint density at radius 3 is 2.33 bits per heavy atom. The lowest BCUT2D eigenvalue weighted by atomic mass is 10.1. The van der Waals surface area contributed by atoms with E-state index in [9.17, 15) is 35.2 Å². The van der Waals surface area contributed by atoms with Gasteiger partial charge >= 0.3 is 6.18 Å². The molecule has 0 aliphatic carbocycles. The molecule has 0 radical (unpaired) electrons. The standard InChI is InChI=1S/C22H16F5N5O3S/c1-11-2-7-14(36(28,34)35)8-16(11)31-21(33)15-10-29-32-18(19(23)24)9-17(30-20(15)32)12-3-5-13(6-4-12)22(25,26)27/h2-10,19H,1H3,(H,31,33)(H2,28,34,35). The minimum atomic E-state index is -4.58. The van der Waals surface area contributed by atoms with Crippen molar-refractivity contribution in [2.45, 2.75) is 24.4 Å². The Balaban J connectivity index is 1.78. The molecule has 4 aromatic rings. The van der Waals surface area contributed by atoms with Crippen LogP contribution in [0.3, 0.4) is 0 Å². The van der Waals surface area contributed by atoms with E-state index in [1.54, 1.807) is 6.92 Å². The second-order valence-electron chi connectivity index (χ2n) is 7.71. The third-order valence-electron chi connectivity index (χ3n) is 5.26. The van der Waals surface area contributed by atoms with Crippen molar-refractivity contribution in [2.75, 3.05) is 5.32 Å². The van der Waals surface area contributed by atoms with E-state index in [1.807, 2.05) is 0 Å². The van der Waals surface area contributed by atoms with Crippen LogP contribution >= 0.6 is 0 Å². The van der Waals surface area contributed by atoms with Gasteiger partial charge in [0.2, 0.25) is 10.0 Å². The van der Waals surface area contributed by atoms with Gasteiger partial charge in [0.05, 0.1) is 22.3 Å². The number of benzene rings is 2. The highest BCUT2D eigenvalue weighted by Crippen LogP contribution is 2.32. The largest absolute Gasteiger partial charge is 0.416 e. The maximum atomic E-state index is 13.8. The third kappa shape index (κ3) is 4.90. The number of primary sulfonamides is 1. The van der Waals surface area contributed by atoms with Crippen molar-refractivity contribution in [2.24, 2.45) is 5.14 Å². The molecular formula is C22H16F5N5O3S. The van der Waals surface area contributed by atoms with Crippen LogP contribution < -0.4 is 10.5 Å². The van der Waals surface area contributed by atoms with Gasteiger partial charge in [-0.3, -0.25) is 4.79 Å². The number of nitrogens with zero attached hydrogens (tertiary/aromatic N) is 3. The number of carbonyl (C=O) groups excluding carboxylic acids is 1. The Labute approximate surface area is 200 Å². The minimum Gasteiger partial charge on any atom is -0.322 e. The predicted octanol–water partition coefficient (Wildman–Crippen LogP) is 4.56. The van der Waals surface area contributed by atoms with Gasteiger partial charge < -0.3 is 5.32 Å². The number of halogens is 5. The van der Waals surface area contributed by atoms with Gasteiger partial charge in [0.1, 0.15) is 11.3 Å². The first-order valence-corrected chi connectivity index (χ1v) is 11.6. The molecule has 2 heterocycles. The number of aryl methyl sites for hydroxylation is 1. The van der Waals surface area contributed by atoms with Crippen LogP contribution in [0, 0.1) is 6.92 Å². The van der Waals surface area contributed by atoms with Crippen LogP contribution in [0.4, 0.5) is 27.6 Å². The number of aromatic nitrogens is 3. The molecule has 188 valence electrons. The first-order chi connectivity index (χ1) is 16.8. The summed E-state index contributed by atoms with van der Waals surface area (Å²) < 4.78 is 90.2. The van der Waals surface area contributed by atoms with E-state index in [4.69, 9.17) is 5.14 Å². The summed E-state index contributed by atoms with van der Waals surface area (Å²) in [5.74, 6) is -0.836. The number of nitrogens with two attached hydrogens (primary N) is 1. The summed E-state index contributed by atoms with van der Waals surface area (Å²) >= 11 is 0. The molecule has 0 saturated heterocycles. The summed E-state index contributed by atoms with van der Waals surface area (Å²) in [4.78, 5) is 16.9. The predicted molar refractivity (Wildman–Crippen MR) is 119 cm³/mol. The number of anilines is 1. The van der Waals surface area contributed by atoms with E-state index in [0.29, 0.717) is 5.56 Å². The van der Waals surface area contributed by atoms with Crippen LogP contribution in [0.25, 0.3) is 16.9 Å². The van der Waals surface area contributed by atoms with Crippen LogP contribution in [0.15, 0.2) is 59.6 Å². The van der Waals surface area contributed by atoms with E-state index < -0.39 is 39.8 Å². The number of rotatable bonds is 5. The molecule has 0 atom stereocenters. The lowest BCUT2D eigenvalue weighted by Gasteiger charge is -2.11. The molecule has 2 aromatic heterocycles. The zero-order chi connectivity index (χ0) is 26.4. The van der Waals surface area contributed by atoms with E-state index >= 15 is 0 Å². The summed E-state index contributed by atoms with van der Waals surface area (Å²) in [5, 5.41) is 11.4. The second-order valence-corrected chi connectivity index (χ2v) is 9.27. The fraction of sp³-hybridized carbons (Fsp3) is 0.136. The van der Waals surface area contributed by atoms with Crippen molar-refractivity contribution in [1.82, 2.24) is 14.6 Å². The van der Waals surface area contributed by atoms with Gasteiger partial charge in [-0.15, -0.1) is 0 Å². The van der Waals surface area contributed by atoms with Crippen molar-refractivity contribution >= 4 is 27.3 Å². The van der Waals surface area contributed by atoms with Crippen molar-refractivity contribution in [3.05, 3.63) is 77.1 Å². The van der Waals surface area contributed by atoms with E-state index in [2.05, 4.69) is 15.4 Å². The normalized spacial score (nSPS) is 12.3. The van der Waals surface area contributed by atoms with Gasteiger partial charge in [-0.2, -0.15) is 18.3 Å². The molecule has 0 spiro atoms. The summed E-state index contributed by atoms with van der Waals surface area (Å²) in [7, 11) is -4.06. The van der Waals surface area contributed by atoms with Gasteiger partial charge in [-0.05, 0) is 42.8 Å². The summed E-state index contributed by atoms with van der Waals surface area (Å²) in [5.41, 5.74) is -1.49. The zero-order valence-electron chi connectivity index (χ0n) is 18.2. The Hall–Kier alpha value is -3.91. The molecule has 36 heavy (non-hydrogen) atoms. The molecular weight excluding hydrogens is 509 g/mol. The average Bonchev–Trinajstić information content (AvgIpc) is 3.22. The zero-order valence-corrected chi connectivity index (χ0v) is 19.0. The molecule has 3 N–H and O–H groups in total. The summed E-state index contributed by atoms with van der Waals surface area (Å²) in [6, 6.07) is 8.51. The number of nitrogens with one attached hydrogen (secondary N) is 1. The number of amides is 1. The van der Waals surface area contributed by atoms with E-state index in [-0.39, 0.29) is 33.1 Å². The Morgan fingerprint density at radius 1 is 1.08 bits per heavy atom. The van der Waals surface area contributed by atoms with Crippen molar-refractivity contribution in [1.29, 1.82) is 0 Å². The average molecular weight is 525 g/mol. The van der Waals surface area contributed by atoms with Crippen LogP contribution in [-0.2, 0) is 16.2 Å². The maximum Gasteiger partial charge on any atom is 0.416 e. The Morgan fingerprint density at radius 2 is 1.75 bits per heavy atom. The van der Waals surface area contributed by atoms with Gasteiger partial charge in [0.15, 0.2) is 5.65 Å². The molecule has 1 amide bonds. The van der Waals surface area contributed by atoms with Crippen LogP contribution in [0.1, 0.15) is 33.6 Å². The lowest BCUT2D eigenvalue weighted by Crippen LogP contribution is -2.16. The van der Waals surface area contributed by atoms with Crippen molar-refractivity contribution < 1.29 is 35.2 Å². The number of fused-ring (bicyclic) bond motifs is 1. The molecule has 0 bridgehead atoms. The number of sulfonamides is 1. The maximum absolute atomic E-state index is 13.8. The molecule has 4 rings (SSSR count). The summed E-state index contributed by atoms with van der Waals surface area (Å²) in [6.45, 7) is 1.59. The quantitative estimate of drug-likeness (QED) is 0.370. The highest BCUT2D eigenvalue weighted by molar-refractivity contribution is 7.89. The second kappa shape index (κ2) is 8.95. The molecule has 0 fully saturated rings. The third-order valence-corrected chi connectivity index (χ3v) is 6.17. The topological polar surface area (TPSA) is 119 Å². The molecule has 0 saturated carbocycles. The van der Waals surface area contributed by atoms with Gasteiger partial charge in [0.25, 0.3) is 12.3 Å². The van der Waals surface area contributed by atoms with Crippen LogP contribution in [0.2, 0.25) is 0 Å². The molecule has 0 unspecified atom stereocenters. The monoisotopic (exact) mass is 525 g/mol. The van der Waals surface area contributed by atoms with Crippen LogP contribution in [0.5, 0.6) is 0 Å². The SMILES string of the molecule is Cc1ccc(S(N)(=O)=O)cc1NC(=O)c1cnn2c(C(F)F)cc(-c3ccc(C(F)(F)F)cc3)nc12. The molecule has 8 nitrogen and oxygen atoms in total. The van der Waals surface area contributed by atoms with Gasteiger partial charge in [0, 0.05) is 11.3 Å². The Bertz CT molecular complexity index is 1580. The molecule has 0 aliphatic rings. The smallest absolute Gasteiger partial charge is 0.322 e. The highest BCUT2D eigenvalue weighted by atomic mass is 32.2. The number of alkyl halides is 5. The number of carbonyl (C=O) groups is 1. The highest BCUT2D eigenvalue weighted by Gasteiger charge is 2.30. The molecule has 2 aromatic carbocycles. The fourth-order valence-electron chi connectivity index (χ4n) is 3.38. The molecule has 0 aliphatic heterocycles. The lowest BCUT2D eigenvalue weighted by molar-refractivity contribution is -0.137. The number of hydrogen-bond donors (Lipinski definition) is 2. The van der Waals surface area contributed by atoms with Gasteiger partial charge in [-0.25, -0.2) is 31.8 Å². The first kappa shape index (κ1) is 25.2. The van der Waals surface area contributed by atoms with E-state index in [1.165, 1.54) is 12.1 Å². The van der Waals surface area contributed by atoms with Crippen molar-refractivity contribution in [3.63, 3.8) is 0 Å². The fourth-order valence-corrected chi connectivity index (χ4v) is 3.92. The molecule has 14 heteroatoms.